The zero-order valence-electron chi connectivity index (χ0n) is 15.3. The van der Waals surface area contributed by atoms with Gasteiger partial charge in [-0.15, -0.1) is 0 Å². The number of hydrogen-bond acceptors (Lipinski definition) is 6. The Balaban J connectivity index is 1.93. The molecule has 1 spiro atoms. The molecule has 3 heterocycles. The van der Waals surface area contributed by atoms with Gasteiger partial charge < -0.3 is 10.5 Å². The van der Waals surface area contributed by atoms with Crippen LogP contribution < -0.4 is 10.5 Å². The van der Waals surface area contributed by atoms with Crippen LogP contribution >= 0.6 is 0 Å². The second-order valence-electron chi connectivity index (χ2n) is 7.47. The number of ether oxygens (including phenoxy) is 1. The number of amides is 1. The molecule has 2 aliphatic heterocycles. The molecule has 7 heteroatoms. The summed E-state index contributed by atoms with van der Waals surface area (Å²) in [6.07, 6.45) is 2.13. The molecule has 2 aliphatic rings. The van der Waals surface area contributed by atoms with E-state index < -0.39 is 11.1 Å². The molecule has 0 aliphatic carbocycles. The predicted molar refractivity (Wildman–Crippen MR) is 97.6 cm³/mol. The lowest BCUT2D eigenvalue weighted by atomic mass is 9.77. The summed E-state index contributed by atoms with van der Waals surface area (Å²) in [6, 6.07) is 7.50. The van der Waals surface area contributed by atoms with E-state index in [-0.39, 0.29) is 11.9 Å². The molecular formula is C19H21N5O2. The number of hydrogen-bond donors (Lipinski definition) is 1. The average molecular weight is 351 g/mol. The average Bonchev–Trinajstić information content (AvgIpc) is 2.78. The van der Waals surface area contributed by atoms with Crippen LogP contribution in [0.3, 0.4) is 0 Å². The van der Waals surface area contributed by atoms with Gasteiger partial charge in [0.2, 0.25) is 0 Å². The van der Waals surface area contributed by atoms with Gasteiger partial charge in [0.15, 0.2) is 17.3 Å². The van der Waals surface area contributed by atoms with Gasteiger partial charge in [-0.1, -0.05) is 0 Å². The van der Waals surface area contributed by atoms with Gasteiger partial charge in [0.25, 0.3) is 5.91 Å². The van der Waals surface area contributed by atoms with Crippen molar-refractivity contribution in [1.29, 1.82) is 0 Å². The Morgan fingerprint density at radius 2 is 2.04 bits per heavy atom. The molecule has 2 aromatic rings. The van der Waals surface area contributed by atoms with Crippen molar-refractivity contribution in [2.45, 2.75) is 38.3 Å². The van der Waals surface area contributed by atoms with Crippen molar-refractivity contribution in [2.75, 3.05) is 7.05 Å². The van der Waals surface area contributed by atoms with Crippen LogP contribution in [0.15, 0.2) is 35.5 Å². The molecule has 0 fully saturated rings. The third-order valence-electron chi connectivity index (χ3n) is 4.85. The Bertz CT molecular complexity index is 953. The number of fused-ring (bicyclic) bond motifs is 2. The zero-order valence-corrected chi connectivity index (χ0v) is 15.3. The van der Waals surface area contributed by atoms with Gasteiger partial charge in [-0.05, 0) is 45.0 Å². The van der Waals surface area contributed by atoms with E-state index in [0.29, 0.717) is 23.6 Å². The lowest BCUT2D eigenvalue weighted by Crippen LogP contribution is -2.49. The number of carbonyl (C=O) groups is 1. The van der Waals surface area contributed by atoms with Crippen LogP contribution in [0.5, 0.6) is 5.75 Å². The van der Waals surface area contributed by atoms with E-state index in [1.807, 2.05) is 45.0 Å². The molecule has 0 saturated heterocycles. The summed E-state index contributed by atoms with van der Waals surface area (Å²) in [5.74, 6) is 1.31. The Kier molecular flexibility index (Phi) is 3.34. The van der Waals surface area contributed by atoms with Crippen LogP contribution in [-0.2, 0) is 10.3 Å². The summed E-state index contributed by atoms with van der Waals surface area (Å²) in [6.45, 7) is 5.82. The van der Waals surface area contributed by atoms with E-state index in [2.05, 4.69) is 15.0 Å². The van der Waals surface area contributed by atoms with E-state index in [4.69, 9.17) is 10.5 Å². The Labute approximate surface area is 151 Å². The third-order valence-corrected chi connectivity index (χ3v) is 4.85. The Hall–Kier alpha value is -2.96. The van der Waals surface area contributed by atoms with E-state index in [9.17, 15) is 4.79 Å². The van der Waals surface area contributed by atoms with Gasteiger partial charge in [-0.25, -0.2) is 15.0 Å². The topological polar surface area (TPSA) is 93.7 Å². The fourth-order valence-electron chi connectivity index (χ4n) is 3.70. The maximum atomic E-state index is 13.1. The number of aromatic nitrogens is 2. The number of nitrogens with zero attached hydrogens (tertiary/aromatic N) is 4. The molecule has 1 unspecified atom stereocenters. The fourth-order valence-corrected chi connectivity index (χ4v) is 3.70. The second-order valence-corrected chi connectivity index (χ2v) is 7.47. The first-order valence-electron chi connectivity index (χ1n) is 8.49. The summed E-state index contributed by atoms with van der Waals surface area (Å²) >= 11 is 0. The molecular weight excluding hydrogens is 330 g/mol. The van der Waals surface area contributed by atoms with E-state index in [0.717, 1.165) is 11.3 Å². The van der Waals surface area contributed by atoms with Gasteiger partial charge in [0, 0.05) is 36.5 Å². The molecule has 2 N–H and O–H groups in total. The first-order chi connectivity index (χ1) is 12.2. The molecule has 1 amide bonds. The Morgan fingerprint density at radius 1 is 1.27 bits per heavy atom. The predicted octanol–water partition coefficient (Wildman–Crippen LogP) is 2.00. The summed E-state index contributed by atoms with van der Waals surface area (Å²) in [5.41, 5.74) is 6.75. The lowest BCUT2D eigenvalue weighted by molar-refractivity contribution is -0.133. The van der Waals surface area contributed by atoms with E-state index >= 15 is 0 Å². The summed E-state index contributed by atoms with van der Waals surface area (Å²) < 4.78 is 6.12. The molecule has 26 heavy (non-hydrogen) atoms. The normalized spacial score (nSPS) is 23.6. The first kappa shape index (κ1) is 16.5. The minimum absolute atomic E-state index is 0.144. The van der Waals surface area contributed by atoms with Crippen LogP contribution in [0.4, 0.5) is 0 Å². The number of guanidine groups is 1. The highest BCUT2D eigenvalue weighted by Gasteiger charge is 2.55. The van der Waals surface area contributed by atoms with Crippen LogP contribution in [0.25, 0.3) is 11.4 Å². The van der Waals surface area contributed by atoms with Gasteiger partial charge in [-0.2, -0.15) is 0 Å². The summed E-state index contributed by atoms with van der Waals surface area (Å²) in [5, 5.41) is 0. The molecule has 1 aromatic heterocycles. The molecule has 1 aromatic carbocycles. The maximum Gasteiger partial charge on any atom is 0.261 e. The highest BCUT2D eigenvalue weighted by molar-refractivity contribution is 6.07. The van der Waals surface area contributed by atoms with Crippen molar-refractivity contribution in [1.82, 2.24) is 14.9 Å². The van der Waals surface area contributed by atoms with Gasteiger partial charge >= 0.3 is 0 Å². The zero-order chi connectivity index (χ0) is 18.7. The van der Waals surface area contributed by atoms with E-state index in [1.54, 1.807) is 13.2 Å². The van der Waals surface area contributed by atoms with Crippen LogP contribution in [0.1, 0.15) is 31.5 Å². The molecule has 4 rings (SSSR count). The summed E-state index contributed by atoms with van der Waals surface area (Å²) in [7, 11) is 1.64. The van der Waals surface area contributed by atoms with Crippen molar-refractivity contribution in [3.8, 4) is 17.1 Å². The van der Waals surface area contributed by atoms with Crippen molar-refractivity contribution in [2.24, 2.45) is 10.7 Å². The number of rotatable bonds is 1. The molecule has 1 atom stereocenters. The molecule has 0 saturated carbocycles. The fraction of sp³-hybridized carbons (Fsp3) is 0.368. The first-order valence-corrected chi connectivity index (χ1v) is 8.49. The second kappa shape index (κ2) is 5.27. The minimum atomic E-state index is -1.07. The van der Waals surface area contributed by atoms with Crippen molar-refractivity contribution >= 4 is 11.9 Å². The smallest absolute Gasteiger partial charge is 0.261 e. The van der Waals surface area contributed by atoms with Crippen molar-refractivity contribution < 1.29 is 9.53 Å². The van der Waals surface area contributed by atoms with Crippen molar-refractivity contribution in [3.63, 3.8) is 0 Å². The lowest BCUT2D eigenvalue weighted by Gasteiger charge is -2.41. The van der Waals surface area contributed by atoms with Crippen LogP contribution in [0.2, 0.25) is 0 Å². The number of likely N-dealkylation sites (N-methyl/N-ethyl adjacent to an activating group) is 1. The highest BCUT2D eigenvalue weighted by atomic mass is 16.5. The quantitative estimate of drug-likeness (QED) is 0.848. The number of aryl methyl sites for hydroxylation is 1. The van der Waals surface area contributed by atoms with Gasteiger partial charge in [0.1, 0.15) is 11.4 Å². The van der Waals surface area contributed by atoms with Gasteiger partial charge in [-0.3, -0.25) is 9.69 Å². The standard InChI is InChI=1S/C19H21N5O2/c1-11-7-8-21-15(22-11)12-5-6-14-13(9-12)19(10-18(2,3)26-14)16(25)24(4)17(20)23-19/h5-9H,10H2,1-4H3,(H2,20,23). The third kappa shape index (κ3) is 2.34. The van der Waals surface area contributed by atoms with Gasteiger partial charge in [0.05, 0.1) is 0 Å². The molecule has 0 radical (unpaired) electrons. The highest BCUT2D eigenvalue weighted by Crippen LogP contribution is 2.49. The summed E-state index contributed by atoms with van der Waals surface area (Å²) in [4.78, 5) is 27.9. The van der Waals surface area contributed by atoms with Crippen molar-refractivity contribution in [3.05, 3.63) is 41.7 Å². The molecule has 7 nitrogen and oxygen atoms in total. The monoisotopic (exact) mass is 351 g/mol. The molecule has 0 bridgehead atoms. The maximum absolute atomic E-state index is 13.1. The largest absolute Gasteiger partial charge is 0.487 e. The molecule has 134 valence electrons. The van der Waals surface area contributed by atoms with Crippen LogP contribution in [0, 0.1) is 6.92 Å². The minimum Gasteiger partial charge on any atom is -0.487 e. The van der Waals surface area contributed by atoms with E-state index in [1.165, 1.54) is 4.90 Å². The van der Waals surface area contributed by atoms with Crippen LogP contribution in [-0.4, -0.2) is 39.4 Å². The number of benzene rings is 1. The Morgan fingerprint density at radius 3 is 2.69 bits per heavy atom. The number of nitrogens with two attached hydrogens (primary N) is 1. The number of carbonyl (C=O) groups excluding carboxylic acids is 1. The SMILES string of the molecule is Cc1ccnc(-c2ccc3c(c2)C2(CC(C)(C)O3)N=C(N)N(C)C2=O)n1. The number of aliphatic imine (C=N–C) groups is 1.